The zero-order valence-corrected chi connectivity index (χ0v) is 13.0. The van der Waals surface area contributed by atoms with Crippen LogP contribution in [0.2, 0.25) is 5.02 Å². The molecule has 20 heavy (non-hydrogen) atoms. The van der Waals surface area contributed by atoms with Crippen LogP contribution in [0.3, 0.4) is 0 Å². The van der Waals surface area contributed by atoms with Gasteiger partial charge in [-0.1, -0.05) is 50.1 Å². The molecular formula is C16H23ClN2O. The van der Waals surface area contributed by atoms with Gasteiger partial charge in [0.25, 0.3) is 0 Å². The molecule has 1 aromatic carbocycles. The van der Waals surface area contributed by atoms with Crippen molar-refractivity contribution in [1.82, 2.24) is 10.2 Å². The minimum absolute atomic E-state index is 0.0456. The molecule has 4 heteroatoms. The van der Waals surface area contributed by atoms with E-state index < -0.39 is 0 Å². The summed E-state index contributed by atoms with van der Waals surface area (Å²) in [5.41, 5.74) is 1.04. The number of hydrogen-bond donors (Lipinski definition) is 1. The van der Waals surface area contributed by atoms with Crippen LogP contribution >= 0.6 is 11.6 Å². The van der Waals surface area contributed by atoms with Crippen LogP contribution in [0.1, 0.15) is 38.3 Å². The maximum atomic E-state index is 12.6. The van der Waals surface area contributed by atoms with E-state index in [9.17, 15) is 4.79 Å². The number of carbonyl (C=O) groups is 1. The van der Waals surface area contributed by atoms with Crippen molar-refractivity contribution in [3.8, 4) is 0 Å². The number of hydrogen-bond acceptors (Lipinski definition) is 2. The molecular weight excluding hydrogens is 272 g/mol. The fraction of sp³-hybridized carbons (Fsp3) is 0.562. The molecule has 0 spiro atoms. The minimum Gasteiger partial charge on any atom is -0.333 e. The van der Waals surface area contributed by atoms with E-state index in [-0.39, 0.29) is 17.9 Å². The lowest BCUT2D eigenvalue weighted by molar-refractivity contribution is -0.138. The van der Waals surface area contributed by atoms with Crippen LogP contribution in [0, 0.1) is 5.92 Å². The molecule has 1 aliphatic rings. The van der Waals surface area contributed by atoms with E-state index in [1.54, 1.807) is 0 Å². The van der Waals surface area contributed by atoms with Crippen LogP contribution in [-0.2, 0) is 4.79 Å². The second-order valence-electron chi connectivity index (χ2n) is 5.46. The highest BCUT2D eigenvalue weighted by molar-refractivity contribution is 6.31. The first-order valence-corrected chi connectivity index (χ1v) is 7.78. The minimum atomic E-state index is 0.0456. The van der Waals surface area contributed by atoms with Crippen LogP contribution in [0.15, 0.2) is 24.3 Å². The molecule has 0 aliphatic carbocycles. The SMILES string of the molecule is CCCC(C)C(=O)N1CCNCC1c1ccccc1Cl. The third kappa shape index (κ3) is 3.33. The number of carbonyl (C=O) groups excluding carboxylic acids is 1. The molecule has 0 radical (unpaired) electrons. The van der Waals surface area contributed by atoms with Gasteiger partial charge >= 0.3 is 0 Å². The number of halogens is 1. The number of nitrogens with one attached hydrogen (secondary N) is 1. The van der Waals surface area contributed by atoms with Gasteiger partial charge in [0.2, 0.25) is 5.91 Å². The lowest BCUT2D eigenvalue weighted by Gasteiger charge is -2.38. The average Bonchev–Trinajstić information content (AvgIpc) is 2.47. The van der Waals surface area contributed by atoms with Crippen LogP contribution in [-0.4, -0.2) is 30.4 Å². The van der Waals surface area contributed by atoms with Crippen molar-refractivity contribution >= 4 is 17.5 Å². The summed E-state index contributed by atoms with van der Waals surface area (Å²) < 4.78 is 0. The van der Waals surface area contributed by atoms with E-state index >= 15 is 0 Å². The van der Waals surface area contributed by atoms with Gasteiger partial charge in [-0.05, 0) is 18.1 Å². The van der Waals surface area contributed by atoms with Crippen molar-refractivity contribution in [2.75, 3.05) is 19.6 Å². The Morgan fingerprint density at radius 3 is 2.95 bits per heavy atom. The summed E-state index contributed by atoms with van der Waals surface area (Å²) in [6.07, 6.45) is 1.98. The molecule has 2 atom stereocenters. The first kappa shape index (κ1) is 15.3. The normalized spacial score (nSPS) is 20.8. The molecule has 0 aromatic heterocycles. The monoisotopic (exact) mass is 294 g/mol. The van der Waals surface area contributed by atoms with Crippen LogP contribution in [0.4, 0.5) is 0 Å². The quantitative estimate of drug-likeness (QED) is 0.924. The van der Waals surface area contributed by atoms with E-state index in [1.165, 1.54) is 0 Å². The van der Waals surface area contributed by atoms with E-state index in [0.29, 0.717) is 0 Å². The standard InChI is InChI=1S/C16H23ClN2O/c1-3-6-12(2)16(20)19-10-9-18-11-15(19)13-7-4-5-8-14(13)17/h4-5,7-8,12,15,18H,3,6,9-11H2,1-2H3. The second kappa shape index (κ2) is 7.09. The zero-order valence-electron chi connectivity index (χ0n) is 12.2. The number of nitrogens with zero attached hydrogens (tertiary/aromatic N) is 1. The predicted octanol–water partition coefficient (Wildman–Crippen LogP) is 3.25. The smallest absolute Gasteiger partial charge is 0.226 e. The van der Waals surface area contributed by atoms with Gasteiger partial charge in [-0.15, -0.1) is 0 Å². The molecule has 1 saturated heterocycles. The van der Waals surface area contributed by atoms with Gasteiger partial charge in [-0.2, -0.15) is 0 Å². The van der Waals surface area contributed by atoms with Crippen molar-refractivity contribution in [1.29, 1.82) is 0 Å². The highest BCUT2D eigenvalue weighted by Gasteiger charge is 2.31. The van der Waals surface area contributed by atoms with E-state index in [2.05, 4.69) is 12.2 Å². The molecule has 0 saturated carbocycles. The van der Waals surface area contributed by atoms with Crippen molar-refractivity contribution in [3.63, 3.8) is 0 Å². The molecule has 1 aliphatic heterocycles. The molecule has 2 unspecified atom stereocenters. The third-order valence-electron chi connectivity index (χ3n) is 3.93. The summed E-state index contributed by atoms with van der Waals surface area (Å²) in [7, 11) is 0. The molecule has 110 valence electrons. The molecule has 1 fully saturated rings. The summed E-state index contributed by atoms with van der Waals surface area (Å²) in [5, 5.41) is 4.10. The Balaban J connectivity index is 2.21. The van der Waals surface area contributed by atoms with Crippen molar-refractivity contribution in [3.05, 3.63) is 34.9 Å². The Bertz CT molecular complexity index is 464. The van der Waals surface area contributed by atoms with Gasteiger partial charge < -0.3 is 10.2 Å². The largest absolute Gasteiger partial charge is 0.333 e. The average molecular weight is 295 g/mol. The third-order valence-corrected chi connectivity index (χ3v) is 4.28. The van der Waals surface area contributed by atoms with Gasteiger partial charge in [0.1, 0.15) is 0 Å². The Labute approximate surface area is 126 Å². The fourth-order valence-electron chi connectivity index (χ4n) is 2.83. The number of amides is 1. The topological polar surface area (TPSA) is 32.3 Å². The Morgan fingerprint density at radius 2 is 2.25 bits per heavy atom. The molecule has 2 rings (SSSR count). The molecule has 0 bridgehead atoms. The number of benzene rings is 1. The zero-order chi connectivity index (χ0) is 14.5. The van der Waals surface area contributed by atoms with Crippen molar-refractivity contribution in [2.45, 2.75) is 32.7 Å². The summed E-state index contributed by atoms with van der Waals surface area (Å²) in [5.74, 6) is 0.335. The maximum Gasteiger partial charge on any atom is 0.226 e. The molecule has 1 aromatic rings. The Morgan fingerprint density at radius 1 is 1.50 bits per heavy atom. The van der Waals surface area contributed by atoms with Crippen LogP contribution in [0.5, 0.6) is 0 Å². The Hall–Kier alpha value is -1.06. The molecule has 1 heterocycles. The lowest BCUT2D eigenvalue weighted by atomic mass is 9.98. The summed E-state index contributed by atoms with van der Waals surface area (Å²) in [6.45, 7) is 6.52. The fourth-order valence-corrected chi connectivity index (χ4v) is 3.09. The lowest BCUT2D eigenvalue weighted by Crippen LogP contribution is -2.50. The van der Waals surface area contributed by atoms with Crippen molar-refractivity contribution < 1.29 is 4.79 Å². The Kier molecular flexibility index (Phi) is 5.44. The summed E-state index contributed by atoms with van der Waals surface area (Å²) in [4.78, 5) is 14.6. The van der Waals surface area contributed by atoms with Crippen LogP contribution < -0.4 is 5.32 Å². The summed E-state index contributed by atoms with van der Waals surface area (Å²) >= 11 is 6.30. The first-order valence-electron chi connectivity index (χ1n) is 7.40. The molecule has 3 nitrogen and oxygen atoms in total. The highest BCUT2D eigenvalue weighted by Crippen LogP contribution is 2.29. The van der Waals surface area contributed by atoms with Gasteiger partial charge in [0.05, 0.1) is 6.04 Å². The molecule has 1 amide bonds. The summed E-state index contributed by atoms with van der Waals surface area (Å²) in [6, 6.07) is 7.86. The second-order valence-corrected chi connectivity index (χ2v) is 5.87. The number of rotatable bonds is 4. The van der Waals surface area contributed by atoms with E-state index in [4.69, 9.17) is 11.6 Å². The van der Waals surface area contributed by atoms with Gasteiger partial charge in [0, 0.05) is 30.6 Å². The van der Waals surface area contributed by atoms with E-state index in [1.807, 2.05) is 36.1 Å². The molecule has 1 N–H and O–H groups in total. The van der Waals surface area contributed by atoms with Gasteiger partial charge in [-0.3, -0.25) is 4.79 Å². The van der Waals surface area contributed by atoms with Gasteiger partial charge in [-0.25, -0.2) is 0 Å². The number of piperazine rings is 1. The van der Waals surface area contributed by atoms with E-state index in [0.717, 1.165) is 43.1 Å². The predicted molar refractivity (Wildman–Crippen MR) is 82.8 cm³/mol. The first-order chi connectivity index (χ1) is 9.65. The van der Waals surface area contributed by atoms with Crippen LogP contribution in [0.25, 0.3) is 0 Å². The highest BCUT2D eigenvalue weighted by atomic mass is 35.5. The van der Waals surface area contributed by atoms with Crippen molar-refractivity contribution in [2.24, 2.45) is 5.92 Å². The maximum absolute atomic E-state index is 12.6. The van der Waals surface area contributed by atoms with Gasteiger partial charge in [0.15, 0.2) is 0 Å².